The highest BCUT2D eigenvalue weighted by Gasteiger charge is 2.20. The average Bonchev–Trinajstić information content (AvgIpc) is 3.01. The Kier molecular flexibility index (Phi) is 6.00. The molecular weight excluding hydrogens is 433 g/mol. The van der Waals surface area contributed by atoms with Gasteiger partial charge < -0.3 is 5.32 Å². The number of rotatable bonds is 5. The fourth-order valence-corrected chi connectivity index (χ4v) is 4.68. The van der Waals surface area contributed by atoms with Crippen molar-refractivity contribution in [3.63, 3.8) is 0 Å². The van der Waals surface area contributed by atoms with Crippen molar-refractivity contribution in [1.82, 2.24) is 10.3 Å². The summed E-state index contributed by atoms with van der Waals surface area (Å²) >= 11 is 1.61. The zero-order chi connectivity index (χ0) is 22.6. The van der Waals surface area contributed by atoms with Gasteiger partial charge in [0.15, 0.2) is 0 Å². The molecule has 0 aliphatic carbocycles. The average molecular weight is 454 g/mol. The summed E-state index contributed by atoms with van der Waals surface area (Å²) in [5, 5.41) is 2.97. The summed E-state index contributed by atoms with van der Waals surface area (Å²) in [6, 6.07) is 23.8. The molecule has 33 heavy (non-hydrogen) atoms. The molecule has 0 unspecified atom stereocenters. The number of halogens is 1. The molecule has 5 rings (SSSR count). The number of amides is 1. The van der Waals surface area contributed by atoms with Crippen molar-refractivity contribution in [2.75, 3.05) is 6.54 Å². The van der Waals surface area contributed by atoms with Crippen LogP contribution in [0.1, 0.15) is 27.0 Å². The first-order valence-electron chi connectivity index (χ1n) is 10.6. The number of carbonyl (C=O) groups excluding carboxylic acids is 1. The largest absolute Gasteiger partial charge is 0.352 e. The van der Waals surface area contributed by atoms with Gasteiger partial charge in [-0.15, -0.1) is 0 Å². The summed E-state index contributed by atoms with van der Waals surface area (Å²) < 4.78 is 13.5. The molecule has 0 bridgehead atoms. The van der Waals surface area contributed by atoms with Gasteiger partial charge in [-0.3, -0.25) is 9.78 Å². The van der Waals surface area contributed by atoms with Crippen LogP contribution in [0.15, 0.2) is 106 Å². The molecule has 0 fully saturated rings. The topological polar surface area (TPSA) is 54.4 Å². The molecule has 0 spiro atoms. The Hall–Kier alpha value is -3.77. The van der Waals surface area contributed by atoms with Gasteiger partial charge in [-0.25, -0.2) is 9.38 Å². The molecular formula is C27H20FN3OS. The molecule has 162 valence electrons. The van der Waals surface area contributed by atoms with E-state index in [0.29, 0.717) is 18.5 Å². The molecule has 0 saturated heterocycles. The van der Waals surface area contributed by atoms with Gasteiger partial charge in [0.05, 0.1) is 11.4 Å². The van der Waals surface area contributed by atoms with Crippen LogP contribution in [-0.4, -0.2) is 23.1 Å². The number of carbonyl (C=O) groups is 1. The van der Waals surface area contributed by atoms with Crippen LogP contribution < -0.4 is 5.32 Å². The van der Waals surface area contributed by atoms with Gasteiger partial charge in [-0.2, -0.15) is 0 Å². The number of aromatic nitrogens is 1. The standard InChI is InChI=1S/C27H20FN3OS/c28-21-10-7-19(8-11-21)26-22-5-1-2-6-24(22)33-25-12-9-20(16-23(25)31-26)27(32)30-15-13-18-4-3-14-29-17-18/h1-12,14,16-17H,13,15H2,(H,30,32). The number of nitrogens with zero attached hydrogens (tertiary/aromatic N) is 2. The lowest BCUT2D eigenvalue weighted by Crippen LogP contribution is -2.25. The minimum atomic E-state index is -0.290. The Balaban J connectivity index is 1.45. The van der Waals surface area contributed by atoms with E-state index >= 15 is 0 Å². The molecule has 0 radical (unpaired) electrons. The third-order valence-corrected chi connectivity index (χ3v) is 6.50. The molecule has 4 nitrogen and oxygen atoms in total. The van der Waals surface area contributed by atoms with Crippen molar-refractivity contribution < 1.29 is 9.18 Å². The maximum absolute atomic E-state index is 13.5. The third kappa shape index (κ3) is 4.71. The van der Waals surface area contributed by atoms with Gasteiger partial charge in [0, 0.05) is 45.4 Å². The summed E-state index contributed by atoms with van der Waals surface area (Å²) in [5.41, 5.74) is 4.90. The van der Waals surface area contributed by atoms with Crippen LogP contribution in [0.4, 0.5) is 10.1 Å². The molecule has 1 aliphatic rings. The molecule has 0 atom stereocenters. The van der Waals surface area contributed by atoms with E-state index < -0.39 is 0 Å². The number of aliphatic imine (C=N–C) groups is 1. The van der Waals surface area contributed by atoms with Crippen molar-refractivity contribution >= 4 is 29.1 Å². The number of pyridine rings is 1. The van der Waals surface area contributed by atoms with Crippen molar-refractivity contribution in [3.05, 3.63) is 119 Å². The monoisotopic (exact) mass is 453 g/mol. The molecule has 3 aromatic carbocycles. The molecule has 0 saturated carbocycles. The van der Waals surface area contributed by atoms with Gasteiger partial charge in [-0.05, 0) is 66.6 Å². The van der Waals surface area contributed by atoms with Gasteiger partial charge >= 0.3 is 0 Å². The summed E-state index contributed by atoms with van der Waals surface area (Å²) in [6.45, 7) is 0.520. The fraction of sp³-hybridized carbons (Fsp3) is 0.0741. The van der Waals surface area contributed by atoms with E-state index in [-0.39, 0.29) is 11.7 Å². The molecule has 1 aliphatic heterocycles. The Morgan fingerprint density at radius 3 is 2.61 bits per heavy atom. The molecule has 1 amide bonds. The van der Waals surface area contributed by atoms with Crippen molar-refractivity contribution in [1.29, 1.82) is 0 Å². The lowest BCUT2D eigenvalue weighted by molar-refractivity contribution is 0.0954. The molecule has 6 heteroatoms. The minimum Gasteiger partial charge on any atom is -0.352 e. The molecule has 2 heterocycles. The van der Waals surface area contributed by atoms with E-state index in [1.807, 2.05) is 54.6 Å². The number of fused-ring (bicyclic) bond motifs is 2. The first-order chi connectivity index (χ1) is 16.2. The third-order valence-electron chi connectivity index (χ3n) is 5.36. The predicted octanol–water partition coefficient (Wildman–Crippen LogP) is 5.83. The van der Waals surface area contributed by atoms with E-state index in [0.717, 1.165) is 37.9 Å². The molecule has 1 aromatic heterocycles. The highest BCUT2D eigenvalue weighted by molar-refractivity contribution is 7.99. The van der Waals surface area contributed by atoms with E-state index in [1.54, 1.807) is 36.3 Å². The van der Waals surface area contributed by atoms with Gasteiger partial charge in [-0.1, -0.05) is 36.0 Å². The number of hydrogen-bond donors (Lipinski definition) is 1. The van der Waals surface area contributed by atoms with Crippen LogP contribution in [0.25, 0.3) is 0 Å². The normalized spacial score (nSPS) is 12.2. The zero-order valence-electron chi connectivity index (χ0n) is 17.7. The second-order valence-corrected chi connectivity index (χ2v) is 8.70. The van der Waals surface area contributed by atoms with Crippen LogP contribution in [0.5, 0.6) is 0 Å². The molecule has 1 N–H and O–H groups in total. The van der Waals surface area contributed by atoms with Crippen LogP contribution in [0, 0.1) is 5.82 Å². The van der Waals surface area contributed by atoms with Gasteiger partial charge in [0.2, 0.25) is 0 Å². The maximum atomic E-state index is 13.5. The van der Waals surface area contributed by atoms with E-state index in [9.17, 15) is 9.18 Å². The number of nitrogens with one attached hydrogen (secondary N) is 1. The highest BCUT2D eigenvalue weighted by atomic mass is 32.2. The summed E-state index contributed by atoms with van der Waals surface area (Å²) in [5.74, 6) is -0.437. The fourth-order valence-electron chi connectivity index (χ4n) is 3.68. The highest BCUT2D eigenvalue weighted by Crippen LogP contribution is 2.41. The van der Waals surface area contributed by atoms with Crippen LogP contribution in [0.2, 0.25) is 0 Å². The lowest BCUT2D eigenvalue weighted by atomic mass is 10.0. The number of hydrogen-bond acceptors (Lipinski definition) is 4. The van der Waals surface area contributed by atoms with Gasteiger partial charge in [0.1, 0.15) is 5.82 Å². The summed E-state index contributed by atoms with van der Waals surface area (Å²) in [6.07, 6.45) is 4.24. The van der Waals surface area contributed by atoms with E-state index in [4.69, 9.17) is 4.99 Å². The maximum Gasteiger partial charge on any atom is 0.251 e. The van der Waals surface area contributed by atoms with Crippen molar-refractivity contribution in [3.8, 4) is 0 Å². The quantitative estimate of drug-likeness (QED) is 0.364. The van der Waals surface area contributed by atoms with Gasteiger partial charge in [0.25, 0.3) is 5.91 Å². The Labute approximate surface area is 195 Å². The predicted molar refractivity (Wildman–Crippen MR) is 129 cm³/mol. The van der Waals surface area contributed by atoms with E-state index in [1.165, 1.54) is 12.1 Å². The Bertz CT molecular complexity index is 1340. The van der Waals surface area contributed by atoms with Crippen LogP contribution >= 0.6 is 11.8 Å². The Morgan fingerprint density at radius 2 is 1.79 bits per heavy atom. The number of benzene rings is 3. The molecule has 4 aromatic rings. The van der Waals surface area contributed by atoms with Crippen molar-refractivity contribution in [2.45, 2.75) is 16.2 Å². The minimum absolute atomic E-state index is 0.146. The SMILES string of the molecule is O=C(NCCc1cccnc1)c1ccc2c(c1)N=C(c1ccc(F)cc1)c1ccccc1S2. The smallest absolute Gasteiger partial charge is 0.251 e. The second kappa shape index (κ2) is 9.38. The first-order valence-corrected chi connectivity index (χ1v) is 11.4. The zero-order valence-corrected chi connectivity index (χ0v) is 18.5. The van der Waals surface area contributed by atoms with Crippen LogP contribution in [-0.2, 0) is 6.42 Å². The lowest BCUT2D eigenvalue weighted by Gasteiger charge is -2.09. The second-order valence-electron chi connectivity index (χ2n) is 7.62. The summed E-state index contributed by atoms with van der Waals surface area (Å²) in [4.78, 5) is 23.9. The first kappa shape index (κ1) is 21.1. The van der Waals surface area contributed by atoms with E-state index in [2.05, 4.69) is 10.3 Å². The van der Waals surface area contributed by atoms with Crippen LogP contribution in [0.3, 0.4) is 0 Å². The van der Waals surface area contributed by atoms with Crippen molar-refractivity contribution in [2.24, 2.45) is 4.99 Å². The Morgan fingerprint density at radius 1 is 0.939 bits per heavy atom. The summed E-state index contributed by atoms with van der Waals surface area (Å²) in [7, 11) is 0.